The number of esters is 3. The molecule has 2 aromatic carbocycles. The largest absolute Gasteiger partial charge is 0.507 e. The van der Waals surface area contributed by atoms with Gasteiger partial charge in [0.1, 0.15) is 35.2 Å². The van der Waals surface area contributed by atoms with Crippen LogP contribution in [0, 0.1) is 30.8 Å². The van der Waals surface area contributed by atoms with E-state index in [1.165, 1.54) is 12.1 Å². The molecule has 2 aromatic rings. The number of aromatic hydroxyl groups is 1. The van der Waals surface area contributed by atoms with Crippen molar-refractivity contribution in [1.29, 1.82) is 0 Å². The van der Waals surface area contributed by atoms with Crippen molar-refractivity contribution in [2.45, 2.75) is 31.5 Å². The number of halogens is 4. The number of hydrogen-bond acceptors (Lipinski definition) is 8. The van der Waals surface area contributed by atoms with E-state index in [-0.39, 0.29) is 11.5 Å². The molecule has 12 heteroatoms. The summed E-state index contributed by atoms with van der Waals surface area (Å²) in [5.41, 5.74) is 0. The summed E-state index contributed by atoms with van der Waals surface area (Å²) in [4.78, 5) is 37.3. The first-order chi connectivity index (χ1) is 16.9. The van der Waals surface area contributed by atoms with Crippen LogP contribution in [0.4, 0.5) is 8.78 Å². The van der Waals surface area contributed by atoms with Crippen molar-refractivity contribution < 1.29 is 47.2 Å². The molecule has 36 heavy (non-hydrogen) atoms. The summed E-state index contributed by atoms with van der Waals surface area (Å²) in [6, 6.07) is 9.48. The van der Waals surface area contributed by atoms with Crippen LogP contribution < -0.4 is 9.47 Å². The molecule has 0 amide bonds. The number of ether oxygens (including phenoxy) is 4. The summed E-state index contributed by atoms with van der Waals surface area (Å²) in [5, 5.41) is 9.79. The fraction of sp³-hybridized carbons (Fsp3) is 0.375. The van der Waals surface area contributed by atoms with Gasteiger partial charge < -0.3 is 24.1 Å². The summed E-state index contributed by atoms with van der Waals surface area (Å²) in [7, 11) is 0. The minimum Gasteiger partial charge on any atom is -0.507 e. The number of carbonyl (C=O) groups excluding carboxylic acids is 3. The quantitative estimate of drug-likeness (QED) is 0.260. The Balaban J connectivity index is 1.29. The van der Waals surface area contributed by atoms with Gasteiger partial charge in [0.25, 0.3) is 0 Å². The molecular weight excluding hydrogens is 708 g/mol. The van der Waals surface area contributed by atoms with E-state index < -0.39 is 59.7 Å². The molecule has 2 aliphatic carbocycles. The molecule has 1 heterocycles. The Bertz CT molecular complexity index is 1250. The molecule has 5 rings (SSSR count). The van der Waals surface area contributed by atoms with Gasteiger partial charge in [0.05, 0.1) is 19.0 Å². The van der Waals surface area contributed by atoms with E-state index in [1.807, 2.05) is 45.2 Å². The third kappa shape index (κ3) is 4.50. The van der Waals surface area contributed by atoms with Crippen LogP contribution in [0.1, 0.15) is 13.3 Å². The number of carbonyl (C=O) groups is 3. The van der Waals surface area contributed by atoms with Crippen LogP contribution in [0.15, 0.2) is 36.4 Å². The Labute approximate surface area is 230 Å². The van der Waals surface area contributed by atoms with Gasteiger partial charge in [-0.2, -0.15) is 8.78 Å². The molecule has 1 saturated heterocycles. The van der Waals surface area contributed by atoms with Gasteiger partial charge in [0.2, 0.25) is 0 Å². The van der Waals surface area contributed by atoms with Gasteiger partial charge in [-0.1, -0.05) is 0 Å². The Morgan fingerprint density at radius 2 is 1.75 bits per heavy atom. The van der Waals surface area contributed by atoms with Crippen molar-refractivity contribution in [3.63, 3.8) is 0 Å². The monoisotopic (exact) mass is 726 g/mol. The van der Waals surface area contributed by atoms with Crippen molar-refractivity contribution in [3.05, 3.63) is 43.5 Å². The van der Waals surface area contributed by atoms with E-state index in [2.05, 4.69) is 0 Å². The van der Waals surface area contributed by atoms with Gasteiger partial charge in [-0.05, 0) is 88.0 Å². The maximum atomic E-state index is 13.4. The summed E-state index contributed by atoms with van der Waals surface area (Å²) >= 11 is 4.02. The third-order valence-corrected chi connectivity index (χ3v) is 8.40. The van der Waals surface area contributed by atoms with E-state index in [0.29, 0.717) is 32.0 Å². The first kappa shape index (κ1) is 25.4. The second-order valence-corrected chi connectivity index (χ2v) is 11.3. The SMILES string of the molecule is CC(F)(F)C(=O)OC1C2CC3C1OC(=O)C3C2C(=O)Oc1ccc(Oc2cc(I)c(O)cc2I)cc1. The molecular formula is C24H18F2I2O8. The highest BCUT2D eigenvalue weighted by molar-refractivity contribution is 14.1. The molecule has 6 atom stereocenters. The number of rotatable bonds is 6. The predicted molar refractivity (Wildman–Crippen MR) is 135 cm³/mol. The number of benzene rings is 2. The van der Waals surface area contributed by atoms with Crippen molar-refractivity contribution in [1.82, 2.24) is 0 Å². The molecule has 0 spiro atoms. The van der Waals surface area contributed by atoms with Crippen molar-refractivity contribution in [2.24, 2.45) is 23.7 Å². The van der Waals surface area contributed by atoms with Gasteiger partial charge in [0.15, 0.2) is 0 Å². The van der Waals surface area contributed by atoms with Crippen molar-refractivity contribution in [2.75, 3.05) is 0 Å². The van der Waals surface area contributed by atoms with Crippen LogP contribution in [0.3, 0.4) is 0 Å². The summed E-state index contributed by atoms with van der Waals surface area (Å²) < 4.78 is 49.8. The summed E-state index contributed by atoms with van der Waals surface area (Å²) in [5.74, 6) is -8.20. The van der Waals surface area contributed by atoms with Crippen LogP contribution in [0.2, 0.25) is 0 Å². The lowest BCUT2D eigenvalue weighted by atomic mass is 9.78. The highest BCUT2D eigenvalue weighted by atomic mass is 127. The van der Waals surface area contributed by atoms with Gasteiger partial charge in [-0.3, -0.25) is 9.59 Å². The van der Waals surface area contributed by atoms with Gasteiger partial charge >= 0.3 is 23.8 Å². The van der Waals surface area contributed by atoms with Crippen LogP contribution in [-0.2, 0) is 23.9 Å². The summed E-state index contributed by atoms with van der Waals surface area (Å²) in [6.45, 7) is 0.425. The molecule has 6 unspecified atom stereocenters. The number of fused-ring (bicyclic) bond motifs is 1. The Hall–Kier alpha value is -2.23. The molecule has 2 bridgehead atoms. The molecule has 0 aromatic heterocycles. The lowest BCUT2D eigenvalue weighted by Crippen LogP contribution is -2.46. The van der Waals surface area contributed by atoms with Crippen LogP contribution in [-0.4, -0.2) is 41.1 Å². The number of hydrogen-bond donors (Lipinski definition) is 1. The first-order valence-corrected chi connectivity index (χ1v) is 13.1. The second-order valence-electron chi connectivity index (χ2n) is 9.00. The van der Waals surface area contributed by atoms with E-state index >= 15 is 0 Å². The zero-order valence-corrected chi connectivity index (χ0v) is 22.8. The van der Waals surface area contributed by atoms with Crippen LogP contribution in [0.25, 0.3) is 0 Å². The highest BCUT2D eigenvalue weighted by Crippen LogP contribution is 2.59. The lowest BCUT2D eigenvalue weighted by Gasteiger charge is -2.30. The predicted octanol–water partition coefficient (Wildman–Crippen LogP) is 4.67. The average Bonchev–Trinajstić information content (AvgIpc) is 3.42. The van der Waals surface area contributed by atoms with Crippen LogP contribution in [0.5, 0.6) is 23.0 Å². The fourth-order valence-electron chi connectivity index (χ4n) is 5.18. The van der Waals surface area contributed by atoms with Crippen LogP contribution >= 0.6 is 45.2 Å². The molecule has 8 nitrogen and oxygen atoms in total. The topological polar surface area (TPSA) is 108 Å². The standard InChI is InChI=1S/C24H18F2I2O8/c1-24(25,26)23(32)36-20-12-6-11-18(22(31)35-19(11)20)17(12)21(30)34-10-4-2-9(3-5-10)33-16-8-13(27)15(29)7-14(16)28/h2-5,7-8,11-12,17-20,29H,6H2,1H3. The summed E-state index contributed by atoms with van der Waals surface area (Å²) in [6.07, 6.45) is -1.62. The molecule has 3 fully saturated rings. The van der Waals surface area contributed by atoms with E-state index in [9.17, 15) is 28.3 Å². The Morgan fingerprint density at radius 1 is 1.08 bits per heavy atom. The minimum absolute atomic E-state index is 0.146. The number of alkyl halides is 2. The molecule has 2 saturated carbocycles. The van der Waals surface area contributed by atoms with Gasteiger partial charge in [-0.25, -0.2) is 4.79 Å². The van der Waals surface area contributed by atoms with E-state index in [0.717, 1.165) is 0 Å². The maximum absolute atomic E-state index is 13.4. The molecule has 190 valence electrons. The number of phenols is 1. The Kier molecular flexibility index (Phi) is 6.54. The zero-order chi connectivity index (χ0) is 25.9. The first-order valence-electron chi connectivity index (χ1n) is 10.9. The average molecular weight is 726 g/mol. The lowest BCUT2D eigenvalue weighted by molar-refractivity contribution is -0.185. The molecule has 1 N–H and O–H groups in total. The fourth-order valence-corrected chi connectivity index (χ4v) is 6.18. The normalized spacial score (nSPS) is 28.1. The Morgan fingerprint density at radius 3 is 2.42 bits per heavy atom. The molecule has 1 aliphatic heterocycles. The van der Waals surface area contributed by atoms with Gasteiger partial charge in [0, 0.05) is 18.8 Å². The third-order valence-electron chi connectivity index (χ3n) is 6.69. The smallest absolute Gasteiger partial charge is 0.377 e. The minimum atomic E-state index is -3.71. The van der Waals surface area contributed by atoms with Gasteiger partial charge in [-0.15, -0.1) is 0 Å². The zero-order valence-electron chi connectivity index (χ0n) is 18.5. The maximum Gasteiger partial charge on any atom is 0.377 e. The highest BCUT2D eigenvalue weighted by Gasteiger charge is 2.70. The van der Waals surface area contributed by atoms with Crippen molar-refractivity contribution in [3.8, 4) is 23.0 Å². The molecule has 3 aliphatic rings. The van der Waals surface area contributed by atoms with E-state index in [4.69, 9.17) is 18.9 Å². The van der Waals surface area contributed by atoms with Crippen molar-refractivity contribution >= 4 is 63.1 Å². The van der Waals surface area contributed by atoms with E-state index in [1.54, 1.807) is 24.3 Å². The second kappa shape index (κ2) is 9.26. The number of phenolic OH excluding ortho intramolecular Hbond substituents is 1. The molecule has 0 radical (unpaired) electrons.